The van der Waals surface area contributed by atoms with Crippen LogP contribution in [0, 0.1) is 0 Å². The number of nitrogens with one attached hydrogen (secondary N) is 1. The van der Waals surface area contributed by atoms with Crippen LogP contribution in [0.25, 0.3) is 10.8 Å². The number of hydrogen-bond donors (Lipinski definition) is 3. The number of benzene rings is 2. The number of carbonyl (C=O) groups excluding carboxylic acids is 1. The summed E-state index contributed by atoms with van der Waals surface area (Å²) in [5.41, 5.74) is 0.157. The SMILES string of the molecule is O=C(NCCc1ccc2ccccc2c1)N1CCC[C@](O)(CO)CC1. The molecular weight excluding hydrogens is 316 g/mol. The molecule has 134 valence electrons. The number of hydrogen-bond acceptors (Lipinski definition) is 3. The molecule has 0 bridgehead atoms. The van der Waals surface area contributed by atoms with E-state index in [4.69, 9.17) is 0 Å². The van der Waals surface area contributed by atoms with Crippen molar-refractivity contribution in [2.45, 2.75) is 31.3 Å². The zero-order chi connectivity index (χ0) is 17.7. The fourth-order valence-corrected chi connectivity index (χ4v) is 3.36. The lowest BCUT2D eigenvalue weighted by molar-refractivity contribution is -0.0248. The molecule has 3 N–H and O–H groups in total. The number of rotatable bonds is 4. The molecular formula is C20H26N2O3. The summed E-state index contributed by atoms with van der Waals surface area (Å²) in [7, 11) is 0. The topological polar surface area (TPSA) is 72.8 Å². The van der Waals surface area contributed by atoms with Crippen LogP contribution >= 0.6 is 0 Å². The highest BCUT2D eigenvalue weighted by atomic mass is 16.3. The molecule has 1 saturated heterocycles. The van der Waals surface area contributed by atoms with Gasteiger partial charge in [-0.25, -0.2) is 4.79 Å². The first-order valence-electron chi connectivity index (χ1n) is 8.93. The van der Waals surface area contributed by atoms with Crippen molar-refractivity contribution in [3.63, 3.8) is 0 Å². The van der Waals surface area contributed by atoms with Crippen LogP contribution in [0.1, 0.15) is 24.8 Å². The molecule has 1 aliphatic rings. The minimum Gasteiger partial charge on any atom is -0.393 e. The molecule has 3 rings (SSSR count). The maximum Gasteiger partial charge on any atom is 0.317 e. The molecule has 0 aromatic heterocycles. The zero-order valence-corrected chi connectivity index (χ0v) is 14.4. The van der Waals surface area contributed by atoms with E-state index in [1.54, 1.807) is 4.90 Å². The Kier molecular flexibility index (Phi) is 5.56. The minimum atomic E-state index is -1.04. The van der Waals surface area contributed by atoms with Crippen LogP contribution in [0.3, 0.4) is 0 Å². The molecule has 0 spiro atoms. The normalized spacial score (nSPS) is 21.1. The first kappa shape index (κ1) is 17.7. The molecule has 1 atom stereocenters. The van der Waals surface area contributed by atoms with Gasteiger partial charge in [0.25, 0.3) is 0 Å². The van der Waals surface area contributed by atoms with Gasteiger partial charge < -0.3 is 20.4 Å². The van der Waals surface area contributed by atoms with Gasteiger partial charge in [-0.2, -0.15) is 0 Å². The molecule has 2 aromatic rings. The largest absolute Gasteiger partial charge is 0.393 e. The summed E-state index contributed by atoms with van der Waals surface area (Å²) in [4.78, 5) is 14.1. The number of amides is 2. The van der Waals surface area contributed by atoms with E-state index in [0.29, 0.717) is 38.9 Å². The Bertz CT molecular complexity index is 734. The molecule has 0 radical (unpaired) electrons. The van der Waals surface area contributed by atoms with Gasteiger partial charge >= 0.3 is 6.03 Å². The van der Waals surface area contributed by atoms with Gasteiger partial charge in [0.1, 0.15) is 0 Å². The molecule has 0 aliphatic carbocycles. The third-order valence-corrected chi connectivity index (χ3v) is 5.00. The maximum atomic E-state index is 12.3. The Morgan fingerprint density at radius 1 is 1.12 bits per heavy atom. The second kappa shape index (κ2) is 7.85. The second-order valence-corrected chi connectivity index (χ2v) is 6.89. The highest BCUT2D eigenvalue weighted by Crippen LogP contribution is 2.21. The van der Waals surface area contributed by atoms with E-state index in [1.165, 1.54) is 16.3 Å². The van der Waals surface area contributed by atoms with Crippen molar-refractivity contribution in [1.29, 1.82) is 0 Å². The quantitative estimate of drug-likeness (QED) is 0.798. The number of fused-ring (bicyclic) bond motifs is 1. The summed E-state index contributed by atoms with van der Waals surface area (Å²) in [6, 6.07) is 14.5. The summed E-state index contributed by atoms with van der Waals surface area (Å²) in [5.74, 6) is 0. The molecule has 0 unspecified atom stereocenters. The molecule has 5 nitrogen and oxygen atoms in total. The van der Waals surface area contributed by atoms with Crippen molar-refractivity contribution < 1.29 is 15.0 Å². The van der Waals surface area contributed by atoms with Crippen molar-refractivity contribution in [3.05, 3.63) is 48.0 Å². The van der Waals surface area contributed by atoms with Crippen LogP contribution in [0.4, 0.5) is 4.79 Å². The number of urea groups is 1. The molecule has 2 amide bonds. The van der Waals surface area contributed by atoms with Gasteiger partial charge in [0, 0.05) is 19.6 Å². The Morgan fingerprint density at radius 3 is 2.72 bits per heavy atom. The highest BCUT2D eigenvalue weighted by Gasteiger charge is 2.30. The molecule has 2 aromatic carbocycles. The summed E-state index contributed by atoms with van der Waals surface area (Å²) < 4.78 is 0. The van der Waals surface area contributed by atoms with Crippen molar-refractivity contribution in [2.75, 3.05) is 26.2 Å². The van der Waals surface area contributed by atoms with E-state index in [9.17, 15) is 15.0 Å². The van der Waals surface area contributed by atoms with Crippen LogP contribution in [0.15, 0.2) is 42.5 Å². The van der Waals surface area contributed by atoms with Gasteiger partial charge in [0.05, 0.1) is 12.2 Å². The average molecular weight is 342 g/mol. The molecule has 1 heterocycles. The maximum absolute atomic E-state index is 12.3. The molecule has 0 saturated carbocycles. The Hall–Kier alpha value is -2.11. The standard InChI is InChI=1S/C20H26N2O3/c23-15-20(25)9-3-12-22(13-10-20)19(24)21-11-8-16-6-7-17-4-1-2-5-18(17)14-16/h1-2,4-7,14,23,25H,3,8-13,15H2,(H,21,24)/t20-/m1/s1. The number of aliphatic hydroxyl groups is 2. The number of aliphatic hydroxyl groups excluding tert-OH is 1. The fraction of sp³-hybridized carbons (Fsp3) is 0.450. The van der Waals surface area contributed by atoms with Gasteiger partial charge in [-0.1, -0.05) is 42.5 Å². The predicted molar refractivity (Wildman–Crippen MR) is 98.5 cm³/mol. The lowest BCUT2D eigenvalue weighted by Gasteiger charge is -2.24. The molecule has 5 heteroatoms. The van der Waals surface area contributed by atoms with E-state index >= 15 is 0 Å². The van der Waals surface area contributed by atoms with E-state index in [1.807, 2.05) is 12.1 Å². The highest BCUT2D eigenvalue weighted by molar-refractivity contribution is 5.83. The van der Waals surface area contributed by atoms with Gasteiger partial charge in [0.2, 0.25) is 0 Å². The van der Waals surface area contributed by atoms with E-state index in [2.05, 4.69) is 35.6 Å². The smallest absolute Gasteiger partial charge is 0.317 e. The fourth-order valence-electron chi connectivity index (χ4n) is 3.36. The van der Waals surface area contributed by atoms with Gasteiger partial charge in [-0.15, -0.1) is 0 Å². The Labute approximate surface area is 148 Å². The van der Waals surface area contributed by atoms with Crippen molar-refractivity contribution in [2.24, 2.45) is 0 Å². The van der Waals surface area contributed by atoms with E-state index in [-0.39, 0.29) is 12.6 Å². The first-order chi connectivity index (χ1) is 12.1. The van der Waals surface area contributed by atoms with Crippen molar-refractivity contribution >= 4 is 16.8 Å². The minimum absolute atomic E-state index is 0.0945. The van der Waals surface area contributed by atoms with Crippen molar-refractivity contribution in [1.82, 2.24) is 10.2 Å². The second-order valence-electron chi connectivity index (χ2n) is 6.89. The number of nitrogens with zero attached hydrogens (tertiary/aromatic N) is 1. The van der Waals surface area contributed by atoms with Crippen LogP contribution in [-0.2, 0) is 6.42 Å². The number of likely N-dealkylation sites (tertiary alicyclic amines) is 1. The Balaban J connectivity index is 1.50. The summed E-state index contributed by atoms with van der Waals surface area (Å²) >= 11 is 0. The number of carbonyl (C=O) groups is 1. The van der Waals surface area contributed by atoms with E-state index in [0.717, 1.165) is 6.42 Å². The molecule has 25 heavy (non-hydrogen) atoms. The molecule has 1 aliphatic heterocycles. The lowest BCUT2D eigenvalue weighted by atomic mass is 9.96. The lowest BCUT2D eigenvalue weighted by Crippen LogP contribution is -2.42. The predicted octanol–water partition coefficient (Wildman–Crippen LogP) is 2.30. The monoisotopic (exact) mass is 342 g/mol. The van der Waals surface area contributed by atoms with Crippen LogP contribution in [0.2, 0.25) is 0 Å². The van der Waals surface area contributed by atoms with Gasteiger partial charge in [0.15, 0.2) is 0 Å². The summed E-state index contributed by atoms with van der Waals surface area (Å²) in [5, 5.41) is 24.8. The third-order valence-electron chi connectivity index (χ3n) is 5.00. The summed E-state index contributed by atoms with van der Waals surface area (Å²) in [6.45, 7) is 1.42. The first-order valence-corrected chi connectivity index (χ1v) is 8.93. The zero-order valence-electron chi connectivity index (χ0n) is 14.4. The van der Waals surface area contributed by atoms with Crippen molar-refractivity contribution in [3.8, 4) is 0 Å². The van der Waals surface area contributed by atoms with Gasteiger partial charge in [-0.3, -0.25) is 0 Å². The van der Waals surface area contributed by atoms with Crippen LogP contribution in [0.5, 0.6) is 0 Å². The van der Waals surface area contributed by atoms with E-state index < -0.39 is 5.60 Å². The van der Waals surface area contributed by atoms with Crippen LogP contribution < -0.4 is 5.32 Å². The summed E-state index contributed by atoms with van der Waals surface area (Å²) in [6.07, 6.45) is 2.44. The third kappa shape index (κ3) is 4.50. The van der Waals surface area contributed by atoms with Crippen LogP contribution in [-0.4, -0.2) is 53.0 Å². The van der Waals surface area contributed by atoms with Gasteiger partial charge in [-0.05, 0) is 42.0 Å². The molecule has 1 fully saturated rings. The Morgan fingerprint density at radius 2 is 1.92 bits per heavy atom. The average Bonchev–Trinajstić information content (AvgIpc) is 2.84.